The van der Waals surface area contributed by atoms with Crippen molar-refractivity contribution >= 4 is 11.9 Å². The largest absolute Gasteiger partial charge is 0.481 e. The molecule has 1 aliphatic carbocycles. The molecule has 1 saturated carbocycles. The van der Waals surface area contributed by atoms with Gasteiger partial charge in [0.05, 0.1) is 11.5 Å². The molecule has 0 spiro atoms. The lowest BCUT2D eigenvalue weighted by Crippen LogP contribution is -2.55. The first-order valence-electron chi connectivity index (χ1n) is 7.43. The standard InChI is InChI=1S/C15H27NO3/c1-4-7-11(2)10-13(17)16-15(3)9-6-5-8-12(15)14(18)19/h11-12H,4-10H2,1-3H3,(H,16,17)(H,18,19). The number of aliphatic carboxylic acids is 1. The monoisotopic (exact) mass is 269 g/mol. The third-order valence-corrected chi connectivity index (χ3v) is 4.25. The topological polar surface area (TPSA) is 66.4 Å². The van der Waals surface area contributed by atoms with Gasteiger partial charge in [-0.1, -0.05) is 39.5 Å². The van der Waals surface area contributed by atoms with Crippen molar-refractivity contribution in [3.8, 4) is 0 Å². The predicted octanol–water partition coefficient (Wildman–Crippen LogP) is 2.96. The van der Waals surface area contributed by atoms with Gasteiger partial charge in [0, 0.05) is 6.42 Å². The van der Waals surface area contributed by atoms with E-state index in [2.05, 4.69) is 19.2 Å². The van der Waals surface area contributed by atoms with E-state index in [0.29, 0.717) is 18.8 Å². The number of nitrogens with one attached hydrogen (secondary N) is 1. The Kier molecular flexibility index (Phi) is 5.83. The van der Waals surface area contributed by atoms with Crippen LogP contribution in [0.1, 0.15) is 65.7 Å². The van der Waals surface area contributed by atoms with E-state index < -0.39 is 17.4 Å². The Labute approximate surface area is 116 Å². The summed E-state index contributed by atoms with van der Waals surface area (Å²) in [7, 11) is 0. The fourth-order valence-electron chi connectivity index (χ4n) is 3.16. The summed E-state index contributed by atoms with van der Waals surface area (Å²) in [5.41, 5.74) is -0.576. The maximum atomic E-state index is 12.1. The molecule has 19 heavy (non-hydrogen) atoms. The van der Waals surface area contributed by atoms with E-state index in [9.17, 15) is 14.7 Å². The lowest BCUT2D eigenvalue weighted by Gasteiger charge is -2.40. The summed E-state index contributed by atoms with van der Waals surface area (Å²) in [5, 5.41) is 12.3. The van der Waals surface area contributed by atoms with Crippen LogP contribution in [0.5, 0.6) is 0 Å². The highest BCUT2D eigenvalue weighted by Gasteiger charge is 2.42. The van der Waals surface area contributed by atoms with Crippen molar-refractivity contribution < 1.29 is 14.7 Å². The van der Waals surface area contributed by atoms with Crippen LogP contribution in [0.4, 0.5) is 0 Å². The van der Waals surface area contributed by atoms with Crippen LogP contribution in [0, 0.1) is 11.8 Å². The van der Waals surface area contributed by atoms with Crippen LogP contribution in [0.25, 0.3) is 0 Å². The molecule has 3 atom stereocenters. The summed E-state index contributed by atoms with van der Waals surface area (Å²) in [6.07, 6.45) is 5.96. The van der Waals surface area contributed by atoms with Crippen LogP contribution in [-0.4, -0.2) is 22.5 Å². The van der Waals surface area contributed by atoms with Gasteiger partial charge in [0.1, 0.15) is 0 Å². The normalized spacial score (nSPS) is 28.7. The number of carboxylic acids is 1. The van der Waals surface area contributed by atoms with Gasteiger partial charge in [-0.25, -0.2) is 0 Å². The van der Waals surface area contributed by atoms with Gasteiger partial charge >= 0.3 is 5.97 Å². The zero-order valence-electron chi connectivity index (χ0n) is 12.4. The van der Waals surface area contributed by atoms with Gasteiger partial charge < -0.3 is 10.4 Å². The number of rotatable bonds is 6. The Morgan fingerprint density at radius 2 is 2.11 bits per heavy atom. The van der Waals surface area contributed by atoms with E-state index in [1.165, 1.54) is 0 Å². The van der Waals surface area contributed by atoms with E-state index in [-0.39, 0.29) is 5.91 Å². The van der Waals surface area contributed by atoms with E-state index in [1.54, 1.807) is 0 Å². The van der Waals surface area contributed by atoms with E-state index >= 15 is 0 Å². The maximum Gasteiger partial charge on any atom is 0.308 e. The number of carboxylic acid groups (broad SMARTS) is 1. The smallest absolute Gasteiger partial charge is 0.308 e. The molecule has 110 valence electrons. The van der Waals surface area contributed by atoms with Crippen LogP contribution >= 0.6 is 0 Å². The fraction of sp³-hybridized carbons (Fsp3) is 0.867. The molecule has 0 bridgehead atoms. The Hall–Kier alpha value is -1.06. The first kappa shape index (κ1) is 16.0. The number of carbonyl (C=O) groups is 2. The lowest BCUT2D eigenvalue weighted by atomic mass is 9.73. The molecule has 4 heteroatoms. The summed E-state index contributed by atoms with van der Waals surface area (Å²) < 4.78 is 0. The zero-order chi connectivity index (χ0) is 14.5. The van der Waals surface area contributed by atoms with Gasteiger partial charge in [-0.05, 0) is 25.7 Å². The highest BCUT2D eigenvalue weighted by molar-refractivity contribution is 5.79. The van der Waals surface area contributed by atoms with Gasteiger partial charge in [0.25, 0.3) is 0 Å². The molecule has 0 aromatic heterocycles. The second kappa shape index (κ2) is 6.92. The summed E-state index contributed by atoms with van der Waals surface area (Å²) >= 11 is 0. The Bertz CT molecular complexity index is 329. The first-order valence-corrected chi connectivity index (χ1v) is 7.43. The van der Waals surface area contributed by atoms with Crippen LogP contribution in [-0.2, 0) is 9.59 Å². The quantitative estimate of drug-likeness (QED) is 0.779. The molecular formula is C15H27NO3. The molecule has 0 saturated heterocycles. The van der Waals surface area contributed by atoms with E-state index in [0.717, 1.165) is 32.1 Å². The zero-order valence-corrected chi connectivity index (χ0v) is 12.4. The average molecular weight is 269 g/mol. The van der Waals surface area contributed by atoms with Crippen molar-refractivity contribution in [3.05, 3.63) is 0 Å². The van der Waals surface area contributed by atoms with Gasteiger partial charge in [-0.15, -0.1) is 0 Å². The molecule has 1 amide bonds. The predicted molar refractivity (Wildman–Crippen MR) is 74.8 cm³/mol. The van der Waals surface area contributed by atoms with Gasteiger partial charge in [0.15, 0.2) is 0 Å². The SMILES string of the molecule is CCCC(C)CC(=O)NC1(C)CCCCC1C(=O)O. The van der Waals surface area contributed by atoms with E-state index in [4.69, 9.17) is 0 Å². The van der Waals surface area contributed by atoms with Crippen LogP contribution in [0.15, 0.2) is 0 Å². The number of hydrogen-bond acceptors (Lipinski definition) is 2. The third-order valence-electron chi connectivity index (χ3n) is 4.25. The van der Waals surface area contributed by atoms with Crippen LogP contribution in [0.3, 0.4) is 0 Å². The molecule has 0 aliphatic heterocycles. The van der Waals surface area contributed by atoms with Gasteiger partial charge in [0.2, 0.25) is 5.91 Å². The second-order valence-corrected chi connectivity index (χ2v) is 6.20. The summed E-state index contributed by atoms with van der Waals surface area (Å²) in [6.45, 7) is 6.06. The highest BCUT2D eigenvalue weighted by Crippen LogP contribution is 2.34. The Morgan fingerprint density at radius 1 is 1.42 bits per heavy atom. The van der Waals surface area contributed by atoms with Crippen LogP contribution < -0.4 is 5.32 Å². The Balaban J connectivity index is 2.61. The highest BCUT2D eigenvalue weighted by atomic mass is 16.4. The molecule has 3 unspecified atom stereocenters. The van der Waals surface area contributed by atoms with E-state index in [1.807, 2.05) is 6.92 Å². The van der Waals surface area contributed by atoms with Gasteiger partial charge in [-0.2, -0.15) is 0 Å². The third kappa shape index (κ3) is 4.51. The van der Waals surface area contributed by atoms with Crippen molar-refractivity contribution in [1.29, 1.82) is 0 Å². The summed E-state index contributed by atoms with van der Waals surface area (Å²) in [5.74, 6) is -0.882. The second-order valence-electron chi connectivity index (χ2n) is 6.20. The molecule has 0 radical (unpaired) electrons. The molecule has 0 aromatic rings. The molecule has 1 aliphatic rings. The minimum Gasteiger partial charge on any atom is -0.481 e. The summed E-state index contributed by atoms with van der Waals surface area (Å²) in [4.78, 5) is 23.4. The minimum atomic E-state index is -0.788. The Morgan fingerprint density at radius 3 is 2.68 bits per heavy atom. The summed E-state index contributed by atoms with van der Waals surface area (Å²) in [6, 6.07) is 0. The number of amides is 1. The fourth-order valence-corrected chi connectivity index (χ4v) is 3.16. The number of carbonyl (C=O) groups excluding carboxylic acids is 1. The number of hydrogen-bond donors (Lipinski definition) is 2. The molecule has 4 nitrogen and oxygen atoms in total. The lowest BCUT2D eigenvalue weighted by molar-refractivity contribution is -0.146. The molecule has 0 aromatic carbocycles. The van der Waals surface area contributed by atoms with Crippen molar-refractivity contribution in [3.63, 3.8) is 0 Å². The molecule has 2 N–H and O–H groups in total. The molecule has 1 fully saturated rings. The van der Waals surface area contributed by atoms with Crippen molar-refractivity contribution in [2.24, 2.45) is 11.8 Å². The molecule has 0 heterocycles. The van der Waals surface area contributed by atoms with Crippen molar-refractivity contribution in [2.45, 2.75) is 71.3 Å². The maximum absolute atomic E-state index is 12.1. The average Bonchev–Trinajstić information content (AvgIpc) is 2.28. The molecular weight excluding hydrogens is 242 g/mol. The minimum absolute atomic E-state index is 0.00315. The van der Waals surface area contributed by atoms with Gasteiger partial charge in [-0.3, -0.25) is 9.59 Å². The first-order chi connectivity index (χ1) is 8.89. The molecule has 1 rings (SSSR count). The van der Waals surface area contributed by atoms with Crippen molar-refractivity contribution in [2.75, 3.05) is 0 Å². The van der Waals surface area contributed by atoms with Crippen LogP contribution in [0.2, 0.25) is 0 Å². The van der Waals surface area contributed by atoms with Crippen molar-refractivity contribution in [1.82, 2.24) is 5.32 Å².